The molecule has 0 saturated carbocycles. The van der Waals surface area contributed by atoms with E-state index in [4.69, 9.17) is 23.2 Å². The van der Waals surface area contributed by atoms with E-state index in [1.807, 2.05) is 0 Å². The largest absolute Gasteiger partial charge is 0.488 e. The Bertz CT molecular complexity index is 1550. The van der Waals surface area contributed by atoms with E-state index in [2.05, 4.69) is 0 Å². The topological polar surface area (TPSA) is 88.2 Å². The summed E-state index contributed by atoms with van der Waals surface area (Å²) >= 11 is 0. The first-order valence-electron chi connectivity index (χ1n) is 15.4. The van der Waals surface area contributed by atoms with Gasteiger partial charge in [-0.25, -0.2) is 4.39 Å². The van der Waals surface area contributed by atoms with Crippen molar-refractivity contribution in [3.05, 3.63) is 64.5 Å². The maximum absolute atomic E-state index is 15.4. The van der Waals surface area contributed by atoms with Crippen LogP contribution in [0.25, 0.3) is 0 Å². The fourth-order valence-electron chi connectivity index (χ4n) is 3.62. The van der Waals surface area contributed by atoms with Crippen LogP contribution in [0.2, 0.25) is 0 Å². The maximum Gasteiger partial charge on any atom is 0.255 e. The first-order valence-corrected chi connectivity index (χ1v) is 10.4. The van der Waals surface area contributed by atoms with Crippen LogP contribution in [-0.2, 0) is 33.9 Å². The van der Waals surface area contributed by atoms with Gasteiger partial charge in [0, 0.05) is 50.9 Å². The van der Waals surface area contributed by atoms with Gasteiger partial charge in [-0.15, -0.1) is 0 Å². The second-order valence-corrected chi connectivity index (χ2v) is 7.57. The van der Waals surface area contributed by atoms with Crippen LogP contribution in [0.4, 0.5) is 4.39 Å². The number of carbonyl (C=O) groups is 3. The van der Waals surface area contributed by atoms with Gasteiger partial charge in [-0.1, -0.05) is 18.2 Å². The Labute approximate surface area is 210 Å². The van der Waals surface area contributed by atoms with Crippen molar-refractivity contribution in [2.75, 3.05) is 26.3 Å². The van der Waals surface area contributed by atoms with Crippen molar-refractivity contribution in [2.45, 2.75) is 38.3 Å². The van der Waals surface area contributed by atoms with E-state index in [0.717, 1.165) is 24.3 Å². The zero-order valence-corrected chi connectivity index (χ0v) is 17.7. The van der Waals surface area contributed by atoms with E-state index in [0.29, 0.717) is 0 Å². The number of carbonyl (C=O) groups excluding carboxylic acids is 3. The summed E-state index contributed by atoms with van der Waals surface area (Å²) in [6.07, 6.45) is -6.72. The molecule has 5 rings (SSSR count). The molecule has 3 amide bonds. The number of benzene rings is 2. The number of rotatable bonds is 6. The van der Waals surface area contributed by atoms with Gasteiger partial charge in [0.15, 0.2) is 0 Å². The number of nitrogens with zero attached hydrogens (tertiary/aromatic N) is 2. The molecule has 178 valence electrons. The van der Waals surface area contributed by atoms with E-state index in [9.17, 15) is 14.4 Å². The molecule has 2 aromatic carbocycles. The molecule has 3 aliphatic rings. The highest BCUT2D eigenvalue weighted by atomic mass is 19.1. The summed E-state index contributed by atoms with van der Waals surface area (Å²) in [5.41, 5.74) is -1.85. The normalized spacial score (nSPS) is 30.6. The van der Waals surface area contributed by atoms with Crippen molar-refractivity contribution in [3.63, 3.8) is 0 Å². The molecule has 2 fully saturated rings. The molecule has 0 bridgehead atoms. The Morgan fingerprint density at radius 2 is 2.03 bits per heavy atom. The van der Waals surface area contributed by atoms with Gasteiger partial charge in [0.25, 0.3) is 5.91 Å². The van der Waals surface area contributed by atoms with Crippen molar-refractivity contribution in [3.8, 4) is 5.75 Å². The van der Waals surface area contributed by atoms with Crippen LogP contribution >= 0.6 is 0 Å². The Morgan fingerprint density at radius 3 is 2.82 bits per heavy atom. The van der Waals surface area contributed by atoms with Gasteiger partial charge in [-0.2, -0.15) is 0 Å². The van der Waals surface area contributed by atoms with Crippen molar-refractivity contribution >= 4 is 17.7 Å². The third kappa shape index (κ3) is 4.53. The zero-order valence-electron chi connectivity index (χ0n) is 27.7. The first-order chi connectivity index (χ1) is 20.3. The molecule has 1 N–H and O–H groups in total. The third-order valence-corrected chi connectivity index (χ3v) is 5.31. The Kier molecular flexibility index (Phi) is 3.79. The molecule has 0 aliphatic carbocycles. The van der Waals surface area contributed by atoms with Gasteiger partial charge in [-0.05, 0) is 30.1 Å². The Morgan fingerprint density at radius 1 is 1.21 bits per heavy atom. The molecule has 0 aromatic heterocycles. The SMILES string of the molecule is [2H]C([2H])(Oc1cccc2c1C([2H])([2H])N([C@@H]1C(=O)NC(=O)C([2H])([2H])C1([2H])[2H])C2=O)c1ccc(C([2H])([2H])N2CCOCC2)cc1F. The minimum absolute atomic E-state index is 0.0898. The van der Waals surface area contributed by atoms with E-state index >= 15 is 4.39 Å². The number of nitrogens with one attached hydrogen (secondary N) is 1. The van der Waals surface area contributed by atoms with Crippen molar-refractivity contribution in [1.29, 1.82) is 0 Å². The van der Waals surface area contributed by atoms with Crippen LogP contribution in [0.3, 0.4) is 0 Å². The van der Waals surface area contributed by atoms with Gasteiger partial charge in [0.2, 0.25) is 11.8 Å². The fraction of sp³-hybridized carbons (Fsp3) is 0.400. The fourth-order valence-corrected chi connectivity index (χ4v) is 3.62. The minimum atomic E-state index is -3.38. The monoisotopic (exact) mass is 477 g/mol. The second kappa shape index (κ2) is 9.52. The number of amides is 3. The first kappa shape index (κ1) is 13.6. The number of halogens is 1. The Balaban J connectivity index is 1.49. The molecule has 0 spiro atoms. The smallest absolute Gasteiger partial charge is 0.255 e. The van der Waals surface area contributed by atoms with E-state index in [1.54, 1.807) is 5.32 Å². The molecule has 34 heavy (non-hydrogen) atoms. The third-order valence-electron chi connectivity index (χ3n) is 5.31. The second-order valence-electron chi connectivity index (χ2n) is 7.57. The predicted octanol–water partition coefficient (Wildman–Crippen LogP) is 2.00. The molecule has 9 heteroatoms. The molecular weight excluding hydrogens is 441 g/mol. The van der Waals surface area contributed by atoms with Crippen LogP contribution in [0.5, 0.6) is 5.75 Å². The molecule has 2 saturated heterocycles. The lowest BCUT2D eigenvalue weighted by Crippen LogP contribution is -2.52. The van der Waals surface area contributed by atoms with Crippen LogP contribution in [0.1, 0.15) is 53.5 Å². The predicted molar refractivity (Wildman–Crippen MR) is 119 cm³/mol. The lowest BCUT2D eigenvalue weighted by molar-refractivity contribution is -0.136. The lowest BCUT2D eigenvalue weighted by atomic mass is 10.0. The minimum Gasteiger partial charge on any atom is -0.488 e. The van der Waals surface area contributed by atoms with Gasteiger partial charge >= 0.3 is 0 Å². The van der Waals surface area contributed by atoms with Crippen LogP contribution in [-0.4, -0.2) is 59.9 Å². The molecule has 0 radical (unpaired) electrons. The number of fused-ring (bicyclic) bond motifs is 1. The van der Waals surface area contributed by atoms with Gasteiger partial charge in [-0.3, -0.25) is 24.6 Å². The molecule has 3 heterocycles. The lowest BCUT2D eigenvalue weighted by Gasteiger charge is -2.29. The number of piperidine rings is 1. The van der Waals surface area contributed by atoms with Crippen LogP contribution in [0.15, 0.2) is 36.4 Å². The molecule has 8 nitrogen and oxygen atoms in total. The van der Waals surface area contributed by atoms with Gasteiger partial charge in [0.1, 0.15) is 24.2 Å². The summed E-state index contributed by atoms with van der Waals surface area (Å²) < 4.78 is 110. The summed E-state index contributed by atoms with van der Waals surface area (Å²) in [5, 5.41) is 1.63. The average Bonchev–Trinajstić information content (AvgIpc) is 3.13. The van der Waals surface area contributed by atoms with E-state index in [1.165, 1.54) is 17.0 Å². The average molecular weight is 478 g/mol. The molecule has 2 aromatic rings. The van der Waals surface area contributed by atoms with E-state index < -0.39 is 84.3 Å². The number of imide groups is 1. The zero-order chi connectivity index (χ0) is 32.6. The summed E-state index contributed by atoms with van der Waals surface area (Å²) in [5.74, 6) is -6.09. The number of morpholine rings is 1. The number of hydrogen-bond acceptors (Lipinski definition) is 6. The summed E-state index contributed by atoms with van der Waals surface area (Å²) in [6.45, 7) is -7.14. The van der Waals surface area contributed by atoms with Crippen LogP contribution in [0, 0.1) is 5.82 Å². The quantitative estimate of drug-likeness (QED) is 0.641. The summed E-state index contributed by atoms with van der Waals surface area (Å²) in [7, 11) is 0. The summed E-state index contributed by atoms with van der Waals surface area (Å²) in [4.78, 5) is 39.8. The molecular formula is C25H26FN3O5. The molecule has 0 unspecified atom stereocenters. The molecule has 3 aliphatic heterocycles. The van der Waals surface area contributed by atoms with E-state index in [-0.39, 0.29) is 36.8 Å². The highest BCUT2D eigenvalue weighted by molar-refractivity contribution is 6.05. The molecule has 1 atom stereocenters. The van der Waals surface area contributed by atoms with Crippen LogP contribution < -0.4 is 10.1 Å². The van der Waals surface area contributed by atoms with Gasteiger partial charge < -0.3 is 14.4 Å². The van der Waals surface area contributed by atoms with Gasteiger partial charge in [0.05, 0.1) is 25.2 Å². The van der Waals surface area contributed by atoms with Crippen molar-refractivity contribution < 1.29 is 42.0 Å². The number of hydrogen-bond donors (Lipinski definition) is 1. The standard InChI is InChI=1S/C25H26FN3O5/c26-20-12-16(13-28-8-10-33-11-9-28)4-5-17(20)15-34-22-3-1-2-18-19(22)14-29(25(18)32)21-6-7-23(30)27-24(21)31/h1-5,12,21H,6-11,13-15H2,(H,27,30,31)/t21-/m0/s1/i6D2,7D2,13D2,14D2,15D2. The highest BCUT2D eigenvalue weighted by Crippen LogP contribution is 2.34. The highest BCUT2D eigenvalue weighted by Gasteiger charge is 2.40. The Hall–Kier alpha value is -3.30. The summed E-state index contributed by atoms with van der Waals surface area (Å²) in [6, 6.07) is 3.92. The van der Waals surface area contributed by atoms with Crippen molar-refractivity contribution in [1.82, 2.24) is 15.1 Å². The number of ether oxygens (including phenoxy) is 2. The van der Waals surface area contributed by atoms with Crippen molar-refractivity contribution in [2.24, 2.45) is 0 Å². The maximum atomic E-state index is 15.4.